The lowest BCUT2D eigenvalue weighted by Gasteiger charge is -2.00. The molecule has 0 spiro atoms. The van der Waals surface area contributed by atoms with Gasteiger partial charge in [0.25, 0.3) is 0 Å². The SMILES string of the molecule is CCc1nc(CC)n(Cc2nc(C)c(C)s2)n1. The molecule has 2 aromatic rings. The van der Waals surface area contributed by atoms with E-state index in [2.05, 4.69) is 42.8 Å². The Morgan fingerprint density at radius 1 is 1.12 bits per heavy atom. The second-order valence-corrected chi connectivity index (χ2v) is 5.35. The monoisotopic (exact) mass is 250 g/mol. The Labute approximate surface area is 106 Å². The molecule has 0 aromatic carbocycles. The van der Waals surface area contributed by atoms with Crippen molar-refractivity contribution in [2.75, 3.05) is 0 Å². The van der Waals surface area contributed by atoms with Crippen molar-refractivity contribution in [2.45, 2.75) is 47.1 Å². The van der Waals surface area contributed by atoms with E-state index in [4.69, 9.17) is 0 Å². The number of nitrogens with zero attached hydrogens (tertiary/aromatic N) is 4. The van der Waals surface area contributed by atoms with Gasteiger partial charge >= 0.3 is 0 Å². The maximum Gasteiger partial charge on any atom is 0.150 e. The lowest BCUT2D eigenvalue weighted by atomic mass is 10.4. The first-order valence-electron chi connectivity index (χ1n) is 5.99. The molecule has 4 nitrogen and oxygen atoms in total. The minimum absolute atomic E-state index is 0.746. The summed E-state index contributed by atoms with van der Waals surface area (Å²) in [7, 11) is 0. The summed E-state index contributed by atoms with van der Waals surface area (Å²) in [5.41, 5.74) is 1.12. The van der Waals surface area contributed by atoms with E-state index >= 15 is 0 Å². The Kier molecular flexibility index (Phi) is 3.57. The molecule has 0 radical (unpaired) electrons. The summed E-state index contributed by atoms with van der Waals surface area (Å²) in [4.78, 5) is 10.3. The van der Waals surface area contributed by atoms with Gasteiger partial charge in [-0.05, 0) is 13.8 Å². The van der Waals surface area contributed by atoms with E-state index in [1.165, 1.54) is 4.88 Å². The summed E-state index contributed by atoms with van der Waals surface area (Å²) in [6, 6.07) is 0. The highest BCUT2D eigenvalue weighted by Gasteiger charge is 2.10. The Morgan fingerprint density at radius 2 is 1.88 bits per heavy atom. The van der Waals surface area contributed by atoms with Gasteiger partial charge < -0.3 is 0 Å². The summed E-state index contributed by atoms with van der Waals surface area (Å²) in [6.45, 7) is 9.09. The predicted octanol–water partition coefficient (Wildman–Crippen LogP) is 2.52. The van der Waals surface area contributed by atoms with Crippen LogP contribution in [-0.4, -0.2) is 19.7 Å². The molecule has 0 aliphatic rings. The van der Waals surface area contributed by atoms with Gasteiger partial charge in [-0.1, -0.05) is 13.8 Å². The summed E-state index contributed by atoms with van der Waals surface area (Å²) < 4.78 is 1.98. The average molecular weight is 250 g/mol. The van der Waals surface area contributed by atoms with Gasteiger partial charge in [0.15, 0.2) is 5.82 Å². The zero-order valence-corrected chi connectivity index (χ0v) is 11.6. The van der Waals surface area contributed by atoms with Crippen molar-refractivity contribution >= 4 is 11.3 Å². The average Bonchev–Trinajstić information content (AvgIpc) is 2.84. The van der Waals surface area contributed by atoms with Gasteiger partial charge in [-0.15, -0.1) is 11.3 Å². The van der Waals surface area contributed by atoms with E-state index in [0.29, 0.717) is 0 Å². The summed E-state index contributed by atoms with van der Waals surface area (Å²) in [5.74, 6) is 1.97. The summed E-state index contributed by atoms with van der Waals surface area (Å²) >= 11 is 1.75. The molecule has 2 aromatic heterocycles. The standard InChI is InChI=1S/C12H18N4S/c1-5-10-14-11(6-2)16(15-10)7-12-13-8(3)9(4)17-12/h5-7H2,1-4H3. The molecule has 0 aliphatic heterocycles. The van der Waals surface area contributed by atoms with Gasteiger partial charge in [-0.25, -0.2) is 14.6 Å². The van der Waals surface area contributed by atoms with Crippen molar-refractivity contribution in [2.24, 2.45) is 0 Å². The molecule has 0 fully saturated rings. The molecule has 0 amide bonds. The van der Waals surface area contributed by atoms with Gasteiger partial charge in [0.05, 0.1) is 12.2 Å². The molecule has 2 rings (SSSR count). The van der Waals surface area contributed by atoms with E-state index < -0.39 is 0 Å². The molecule has 0 N–H and O–H groups in total. The van der Waals surface area contributed by atoms with Crippen molar-refractivity contribution in [3.05, 3.63) is 27.2 Å². The number of thiazole rings is 1. The number of aryl methyl sites for hydroxylation is 4. The molecule has 92 valence electrons. The summed E-state index contributed by atoms with van der Waals surface area (Å²) in [5, 5.41) is 5.62. The van der Waals surface area contributed by atoms with Crippen LogP contribution in [0.1, 0.15) is 41.1 Å². The minimum Gasteiger partial charge on any atom is -0.244 e. The molecule has 2 heterocycles. The number of rotatable bonds is 4. The molecule has 0 atom stereocenters. The maximum atomic E-state index is 4.55. The first-order valence-corrected chi connectivity index (χ1v) is 6.81. The van der Waals surface area contributed by atoms with Crippen molar-refractivity contribution in [1.29, 1.82) is 0 Å². The highest BCUT2D eigenvalue weighted by molar-refractivity contribution is 7.11. The predicted molar refractivity (Wildman–Crippen MR) is 69.5 cm³/mol. The second kappa shape index (κ2) is 4.96. The van der Waals surface area contributed by atoms with Crippen molar-refractivity contribution in [3.63, 3.8) is 0 Å². The van der Waals surface area contributed by atoms with E-state index in [1.54, 1.807) is 11.3 Å². The molecular weight excluding hydrogens is 232 g/mol. The Bertz CT molecular complexity index is 493. The molecule has 17 heavy (non-hydrogen) atoms. The molecule has 0 saturated carbocycles. The van der Waals surface area contributed by atoms with Crippen molar-refractivity contribution < 1.29 is 0 Å². The fourth-order valence-electron chi connectivity index (χ4n) is 1.70. The van der Waals surface area contributed by atoms with Crippen LogP contribution < -0.4 is 0 Å². The normalized spacial score (nSPS) is 11.1. The van der Waals surface area contributed by atoms with E-state index in [9.17, 15) is 0 Å². The second-order valence-electron chi connectivity index (χ2n) is 4.06. The molecule has 0 saturated heterocycles. The first kappa shape index (κ1) is 12.2. The molecule has 0 bridgehead atoms. The zero-order chi connectivity index (χ0) is 12.4. The highest BCUT2D eigenvalue weighted by Crippen LogP contribution is 2.17. The van der Waals surface area contributed by atoms with Gasteiger partial charge in [0, 0.05) is 17.7 Å². The fourth-order valence-corrected chi connectivity index (χ4v) is 2.62. The smallest absolute Gasteiger partial charge is 0.150 e. The molecular formula is C12H18N4S. The van der Waals surface area contributed by atoms with E-state index in [-0.39, 0.29) is 0 Å². The van der Waals surface area contributed by atoms with Crippen molar-refractivity contribution in [3.8, 4) is 0 Å². The Hall–Kier alpha value is -1.23. The van der Waals surface area contributed by atoms with Gasteiger partial charge in [0.2, 0.25) is 0 Å². The van der Waals surface area contributed by atoms with Crippen LogP contribution in [0.2, 0.25) is 0 Å². The highest BCUT2D eigenvalue weighted by atomic mass is 32.1. The fraction of sp³-hybridized carbons (Fsp3) is 0.583. The van der Waals surface area contributed by atoms with Crippen LogP contribution in [0.4, 0.5) is 0 Å². The first-order chi connectivity index (χ1) is 8.13. The van der Waals surface area contributed by atoms with Crippen LogP contribution in [-0.2, 0) is 19.4 Å². The number of hydrogen-bond acceptors (Lipinski definition) is 4. The lowest BCUT2D eigenvalue weighted by molar-refractivity contribution is 0.634. The zero-order valence-electron chi connectivity index (χ0n) is 10.8. The molecule has 0 aliphatic carbocycles. The molecule has 5 heteroatoms. The third-order valence-corrected chi connectivity index (χ3v) is 3.84. The molecule has 0 unspecified atom stereocenters. The summed E-state index contributed by atoms with van der Waals surface area (Å²) in [6.07, 6.45) is 1.80. The Balaban J connectivity index is 2.25. The maximum absolute atomic E-state index is 4.55. The minimum atomic E-state index is 0.746. The Morgan fingerprint density at radius 3 is 2.41 bits per heavy atom. The third-order valence-electron chi connectivity index (χ3n) is 2.78. The van der Waals surface area contributed by atoms with Crippen LogP contribution in [0.5, 0.6) is 0 Å². The van der Waals surface area contributed by atoms with Gasteiger partial charge in [-0.3, -0.25) is 0 Å². The van der Waals surface area contributed by atoms with E-state index in [1.807, 2.05) is 4.68 Å². The van der Waals surface area contributed by atoms with Crippen LogP contribution in [0, 0.1) is 13.8 Å². The number of aromatic nitrogens is 4. The van der Waals surface area contributed by atoms with Crippen molar-refractivity contribution in [1.82, 2.24) is 19.7 Å². The van der Waals surface area contributed by atoms with Crippen LogP contribution in [0.15, 0.2) is 0 Å². The largest absolute Gasteiger partial charge is 0.244 e. The third kappa shape index (κ3) is 2.54. The topological polar surface area (TPSA) is 43.6 Å². The number of hydrogen-bond donors (Lipinski definition) is 0. The quantitative estimate of drug-likeness (QED) is 0.837. The lowest BCUT2D eigenvalue weighted by Crippen LogP contribution is -2.06. The van der Waals surface area contributed by atoms with Crippen LogP contribution >= 0.6 is 11.3 Å². The van der Waals surface area contributed by atoms with Gasteiger partial charge in [-0.2, -0.15) is 5.10 Å². The van der Waals surface area contributed by atoms with Crippen LogP contribution in [0.3, 0.4) is 0 Å². The van der Waals surface area contributed by atoms with E-state index in [0.717, 1.165) is 41.7 Å². The van der Waals surface area contributed by atoms with Crippen LogP contribution in [0.25, 0.3) is 0 Å². The van der Waals surface area contributed by atoms with Gasteiger partial charge in [0.1, 0.15) is 10.8 Å².